The van der Waals surface area contributed by atoms with Crippen LogP contribution in [0, 0.1) is 19.8 Å². The number of carbonyl (C=O) groups excluding carboxylic acids is 1. The SMILES string of the molecule is Cc1cnc(Nc2cnn(C)c2)nc1-c1ccc(C(=O)CC2CC(O)C2)cc1.Cc1cnc(Nc2cnn(C)c2)nc1-c1ccc(C(=O)O)cc1.NC1CC(O)C1. The van der Waals surface area contributed by atoms with Gasteiger partial charge in [-0.3, -0.25) is 14.2 Å². The van der Waals surface area contributed by atoms with Gasteiger partial charge in [-0.15, -0.1) is 0 Å². The molecule has 2 aromatic carbocycles. The number of aromatic nitrogens is 8. The molecular weight excluding hydrogens is 727 g/mol. The van der Waals surface area contributed by atoms with E-state index in [1.54, 1.807) is 58.4 Å². The minimum absolute atomic E-state index is 0.0833. The number of aromatic carboxylic acids is 1. The van der Waals surface area contributed by atoms with Gasteiger partial charge in [0.25, 0.3) is 0 Å². The molecule has 16 nitrogen and oxygen atoms in total. The maximum absolute atomic E-state index is 12.4. The Bertz CT molecular complexity index is 2290. The predicted molar refractivity (Wildman–Crippen MR) is 215 cm³/mol. The van der Waals surface area contributed by atoms with Crippen molar-refractivity contribution in [2.45, 2.75) is 64.2 Å². The highest BCUT2D eigenvalue weighted by Gasteiger charge is 2.29. The number of benzene rings is 2. The van der Waals surface area contributed by atoms with Gasteiger partial charge in [-0.2, -0.15) is 10.2 Å². The van der Waals surface area contributed by atoms with Crippen LogP contribution in [0.2, 0.25) is 0 Å². The Morgan fingerprint density at radius 3 is 1.49 bits per heavy atom. The summed E-state index contributed by atoms with van der Waals surface area (Å²) in [7, 11) is 3.68. The number of hydrogen-bond acceptors (Lipinski definition) is 13. The molecule has 0 saturated heterocycles. The molecule has 0 spiro atoms. The highest BCUT2D eigenvalue weighted by molar-refractivity contribution is 5.96. The predicted octanol–water partition coefficient (Wildman–Crippen LogP) is 5.37. The monoisotopic (exact) mass is 773 g/mol. The number of nitrogens with two attached hydrogens (primary N) is 1. The Balaban J connectivity index is 0.000000170. The van der Waals surface area contributed by atoms with Crippen LogP contribution in [0.5, 0.6) is 0 Å². The lowest BCUT2D eigenvalue weighted by Gasteiger charge is -2.30. The lowest BCUT2D eigenvalue weighted by Crippen LogP contribution is -2.39. The van der Waals surface area contributed by atoms with E-state index in [1.165, 1.54) is 0 Å². The first kappa shape index (κ1) is 40.3. The fraction of sp³-hybridized carbons (Fsp3) is 0.317. The Morgan fingerprint density at radius 1 is 0.702 bits per heavy atom. The third-order valence-electron chi connectivity index (χ3n) is 9.59. The number of nitrogens with one attached hydrogen (secondary N) is 2. The summed E-state index contributed by atoms with van der Waals surface area (Å²) in [5.74, 6) is 0.447. The quantitative estimate of drug-likeness (QED) is 0.0962. The number of aliphatic hydroxyl groups excluding tert-OH is 2. The number of aliphatic hydroxyl groups is 2. The molecule has 57 heavy (non-hydrogen) atoms. The number of carboxylic acids is 1. The summed E-state index contributed by atoms with van der Waals surface area (Å²) in [5, 5.41) is 41.3. The average Bonchev–Trinajstić information content (AvgIpc) is 3.78. The van der Waals surface area contributed by atoms with E-state index in [0.29, 0.717) is 35.8 Å². The number of ketones is 1. The molecular formula is C41H47N11O5. The minimum atomic E-state index is -0.949. The number of aryl methyl sites for hydroxylation is 4. The van der Waals surface area contributed by atoms with Crippen molar-refractivity contribution in [1.82, 2.24) is 39.5 Å². The minimum Gasteiger partial charge on any atom is -0.478 e. The summed E-state index contributed by atoms with van der Waals surface area (Å²) in [4.78, 5) is 41.1. The Kier molecular flexibility index (Phi) is 12.8. The molecule has 7 N–H and O–H groups in total. The van der Waals surface area contributed by atoms with E-state index in [0.717, 1.165) is 70.7 Å². The summed E-state index contributed by atoms with van der Waals surface area (Å²) in [6, 6.07) is 14.4. The van der Waals surface area contributed by atoms with Crippen LogP contribution in [0.3, 0.4) is 0 Å². The molecule has 4 heterocycles. The molecule has 296 valence electrons. The van der Waals surface area contributed by atoms with Gasteiger partial charge in [-0.1, -0.05) is 36.4 Å². The summed E-state index contributed by atoms with van der Waals surface area (Å²) in [6.45, 7) is 3.87. The molecule has 0 radical (unpaired) electrons. The van der Waals surface area contributed by atoms with Crippen LogP contribution in [0.25, 0.3) is 22.5 Å². The highest BCUT2D eigenvalue weighted by atomic mass is 16.4. The number of rotatable bonds is 10. The van der Waals surface area contributed by atoms with Crippen LogP contribution >= 0.6 is 0 Å². The summed E-state index contributed by atoms with van der Waals surface area (Å²) >= 11 is 0. The van der Waals surface area contributed by atoms with Crippen molar-refractivity contribution >= 4 is 35.0 Å². The molecule has 4 aromatic heterocycles. The van der Waals surface area contributed by atoms with Crippen LogP contribution in [-0.2, 0) is 14.1 Å². The van der Waals surface area contributed by atoms with Gasteiger partial charge in [0.2, 0.25) is 11.9 Å². The molecule has 0 atom stereocenters. The molecule has 6 aromatic rings. The molecule has 0 unspecified atom stereocenters. The zero-order valence-electron chi connectivity index (χ0n) is 32.2. The van der Waals surface area contributed by atoms with Gasteiger partial charge in [-0.05, 0) is 68.7 Å². The smallest absolute Gasteiger partial charge is 0.335 e. The fourth-order valence-corrected chi connectivity index (χ4v) is 6.28. The van der Waals surface area contributed by atoms with E-state index < -0.39 is 5.97 Å². The third-order valence-corrected chi connectivity index (χ3v) is 9.59. The lowest BCUT2D eigenvalue weighted by atomic mass is 9.78. The van der Waals surface area contributed by atoms with Gasteiger partial charge >= 0.3 is 5.97 Å². The zero-order valence-corrected chi connectivity index (χ0v) is 32.2. The van der Waals surface area contributed by atoms with Crippen molar-refractivity contribution in [1.29, 1.82) is 0 Å². The number of nitrogens with zero attached hydrogens (tertiary/aromatic N) is 8. The zero-order chi connectivity index (χ0) is 40.6. The summed E-state index contributed by atoms with van der Waals surface area (Å²) in [6.07, 6.45) is 13.9. The van der Waals surface area contributed by atoms with Gasteiger partial charge in [0, 0.05) is 68.0 Å². The third kappa shape index (κ3) is 10.9. The molecule has 2 aliphatic rings. The van der Waals surface area contributed by atoms with Crippen LogP contribution < -0.4 is 16.4 Å². The van der Waals surface area contributed by atoms with E-state index in [4.69, 9.17) is 15.9 Å². The number of carbonyl (C=O) groups is 2. The first-order valence-corrected chi connectivity index (χ1v) is 18.6. The highest BCUT2D eigenvalue weighted by Crippen LogP contribution is 2.32. The number of Topliss-reactive ketones (excluding diaryl/α,β-unsaturated/α-hetero) is 1. The second-order valence-electron chi connectivity index (χ2n) is 14.5. The Hall–Kier alpha value is -6.36. The van der Waals surface area contributed by atoms with Crippen molar-refractivity contribution in [2.24, 2.45) is 25.7 Å². The van der Waals surface area contributed by atoms with Crippen LogP contribution in [0.15, 0.2) is 85.7 Å². The standard InChI is InChI=1S/C21H23N5O2.C16H15N5O2.C4H9NO/c1-13-10-22-21(24-17-11-23-26(2)12-17)25-20(13)16-5-3-15(4-6-16)19(28)9-14-7-18(27)8-14;1-10-7-17-16(19-13-8-18-21(2)9-13)20-14(10)11-3-5-12(6-4-11)15(22)23;5-3-1-4(6)2-3/h3-6,10-12,14,18,27H,7-9H2,1-2H3,(H,22,24,25);3-9H,1-2H3,(H,22,23)(H,17,19,20);3-4,6H,1-2,5H2. The Labute approximate surface area is 329 Å². The van der Waals surface area contributed by atoms with Gasteiger partial charge in [0.05, 0.1) is 52.9 Å². The molecule has 0 aliphatic heterocycles. The second-order valence-corrected chi connectivity index (χ2v) is 14.5. The molecule has 2 aliphatic carbocycles. The van der Waals surface area contributed by atoms with Crippen molar-refractivity contribution < 1.29 is 24.9 Å². The fourth-order valence-electron chi connectivity index (χ4n) is 6.28. The van der Waals surface area contributed by atoms with E-state index in [9.17, 15) is 14.7 Å². The number of anilines is 4. The van der Waals surface area contributed by atoms with E-state index in [-0.39, 0.29) is 23.6 Å². The molecule has 2 fully saturated rings. The van der Waals surface area contributed by atoms with Crippen molar-refractivity contribution in [3.05, 3.63) is 108 Å². The number of hydrogen-bond donors (Lipinski definition) is 6. The van der Waals surface area contributed by atoms with Crippen LogP contribution in [0.1, 0.15) is 63.9 Å². The molecule has 0 amide bonds. The second kappa shape index (κ2) is 18.1. The molecule has 2 saturated carbocycles. The maximum atomic E-state index is 12.4. The first-order chi connectivity index (χ1) is 27.3. The van der Waals surface area contributed by atoms with Crippen molar-refractivity contribution in [3.63, 3.8) is 0 Å². The summed E-state index contributed by atoms with van der Waals surface area (Å²) < 4.78 is 3.39. The summed E-state index contributed by atoms with van der Waals surface area (Å²) in [5.41, 5.74) is 13.1. The van der Waals surface area contributed by atoms with Gasteiger partial charge in [0.1, 0.15) is 0 Å². The van der Waals surface area contributed by atoms with E-state index in [1.807, 2.05) is 64.6 Å². The largest absolute Gasteiger partial charge is 0.478 e. The number of carboxylic acid groups (broad SMARTS) is 1. The van der Waals surface area contributed by atoms with Gasteiger partial charge < -0.3 is 31.7 Å². The molecule has 8 rings (SSSR count). The Morgan fingerprint density at radius 2 is 1.14 bits per heavy atom. The molecule has 0 bridgehead atoms. The normalized spacial score (nSPS) is 18.1. The van der Waals surface area contributed by atoms with Crippen molar-refractivity contribution in [3.8, 4) is 22.5 Å². The van der Waals surface area contributed by atoms with E-state index >= 15 is 0 Å². The van der Waals surface area contributed by atoms with Gasteiger partial charge in [-0.25, -0.2) is 24.7 Å². The van der Waals surface area contributed by atoms with Crippen LogP contribution in [-0.4, -0.2) is 84.8 Å². The lowest BCUT2D eigenvalue weighted by molar-refractivity contribution is 0.0381. The van der Waals surface area contributed by atoms with E-state index in [2.05, 4.69) is 40.8 Å². The average molecular weight is 774 g/mol. The first-order valence-electron chi connectivity index (χ1n) is 18.6. The van der Waals surface area contributed by atoms with Crippen molar-refractivity contribution in [2.75, 3.05) is 10.6 Å². The molecule has 16 heteroatoms. The maximum Gasteiger partial charge on any atom is 0.335 e. The van der Waals surface area contributed by atoms with Gasteiger partial charge in [0.15, 0.2) is 5.78 Å². The van der Waals surface area contributed by atoms with Crippen LogP contribution in [0.4, 0.5) is 23.3 Å². The topological polar surface area (TPSA) is 232 Å².